The van der Waals surface area contributed by atoms with E-state index in [0.29, 0.717) is 41.7 Å². The number of carbonyl (C=O) groups is 1. The molecular weight excluding hydrogens is 308 g/mol. The third-order valence-corrected chi connectivity index (χ3v) is 3.66. The third kappa shape index (κ3) is 2.81. The van der Waals surface area contributed by atoms with Gasteiger partial charge in [-0.3, -0.25) is 4.79 Å². The summed E-state index contributed by atoms with van der Waals surface area (Å²) in [6, 6.07) is 12.5. The number of benzene rings is 2. The summed E-state index contributed by atoms with van der Waals surface area (Å²) in [4.78, 5) is 16.2. The molecule has 0 unspecified atom stereocenters. The van der Waals surface area contributed by atoms with Crippen molar-refractivity contribution in [2.24, 2.45) is 0 Å². The molecule has 2 aromatic carbocycles. The Labute approximate surface area is 138 Å². The SMILES string of the molecule is O=C(Nc1ccc2c(c1)OCCO2)c1ccc(-c2cnco2)cc1. The van der Waals surface area contributed by atoms with Crippen molar-refractivity contribution < 1.29 is 18.7 Å². The zero-order valence-corrected chi connectivity index (χ0v) is 12.7. The molecule has 0 atom stereocenters. The highest BCUT2D eigenvalue weighted by Crippen LogP contribution is 2.32. The molecule has 0 saturated carbocycles. The lowest BCUT2D eigenvalue weighted by atomic mass is 10.1. The Balaban J connectivity index is 1.50. The van der Waals surface area contributed by atoms with Gasteiger partial charge in [0.2, 0.25) is 0 Å². The molecule has 0 radical (unpaired) electrons. The quantitative estimate of drug-likeness (QED) is 0.800. The minimum absolute atomic E-state index is 0.198. The number of carbonyl (C=O) groups excluding carboxylic acids is 1. The predicted molar refractivity (Wildman–Crippen MR) is 87.3 cm³/mol. The van der Waals surface area contributed by atoms with Crippen LogP contribution in [0.25, 0.3) is 11.3 Å². The summed E-state index contributed by atoms with van der Waals surface area (Å²) < 4.78 is 16.2. The highest BCUT2D eigenvalue weighted by Gasteiger charge is 2.13. The summed E-state index contributed by atoms with van der Waals surface area (Å²) in [6.45, 7) is 1.05. The largest absolute Gasteiger partial charge is 0.486 e. The van der Waals surface area contributed by atoms with Crippen LogP contribution in [0.1, 0.15) is 10.4 Å². The van der Waals surface area contributed by atoms with Gasteiger partial charge in [-0.25, -0.2) is 4.98 Å². The van der Waals surface area contributed by atoms with Gasteiger partial charge in [-0.2, -0.15) is 0 Å². The van der Waals surface area contributed by atoms with E-state index < -0.39 is 0 Å². The number of nitrogens with zero attached hydrogens (tertiary/aromatic N) is 1. The third-order valence-electron chi connectivity index (χ3n) is 3.66. The molecular formula is C18H14N2O4. The second-order valence-corrected chi connectivity index (χ2v) is 5.26. The van der Waals surface area contributed by atoms with Crippen molar-refractivity contribution in [1.82, 2.24) is 4.98 Å². The zero-order valence-electron chi connectivity index (χ0n) is 12.7. The van der Waals surface area contributed by atoms with Crippen LogP contribution in [0.15, 0.2) is 59.5 Å². The number of anilines is 1. The Morgan fingerprint density at radius 3 is 2.54 bits per heavy atom. The first kappa shape index (κ1) is 14.3. The molecule has 24 heavy (non-hydrogen) atoms. The number of rotatable bonds is 3. The number of amides is 1. The van der Waals surface area contributed by atoms with Gasteiger partial charge in [0, 0.05) is 22.9 Å². The normalized spacial score (nSPS) is 12.7. The fourth-order valence-electron chi connectivity index (χ4n) is 2.47. The molecule has 1 N–H and O–H groups in total. The van der Waals surface area contributed by atoms with Crippen LogP contribution < -0.4 is 14.8 Å². The number of hydrogen-bond acceptors (Lipinski definition) is 5. The van der Waals surface area contributed by atoms with E-state index in [2.05, 4.69) is 10.3 Å². The highest BCUT2D eigenvalue weighted by molar-refractivity contribution is 6.04. The van der Waals surface area contributed by atoms with Gasteiger partial charge < -0.3 is 19.2 Å². The van der Waals surface area contributed by atoms with Gasteiger partial charge in [0.25, 0.3) is 5.91 Å². The van der Waals surface area contributed by atoms with Crippen LogP contribution >= 0.6 is 0 Å². The molecule has 1 aliphatic heterocycles. The van der Waals surface area contributed by atoms with E-state index in [1.807, 2.05) is 12.1 Å². The number of aromatic nitrogens is 1. The Kier molecular flexibility index (Phi) is 3.63. The molecule has 1 amide bonds. The van der Waals surface area contributed by atoms with Gasteiger partial charge in [-0.15, -0.1) is 0 Å². The summed E-state index contributed by atoms with van der Waals surface area (Å²) >= 11 is 0. The van der Waals surface area contributed by atoms with Gasteiger partial charge in [-0.05, 0) is 24.3 Å². The van der Waals surface area contributed by atoms with Crippen LogP contribution in [0.5, 0.6) is 11.5 Å². The first-order valence-corrected chi connectivity index (χ1v) is 7.49. The van der Waals surface area contributed by atoms with Crippen LogP contribution in [-0.4, -0.2) is 24.1 Å². The lowest BCUT2D eigenvalue weighted by Crippen LogP contribution is -2.16. The first-order valence-electron chi connectivity index (χ1n) is 7.49. The molecule has 0 fully saturated rings. The molecule has 120 valence electrons. The summed E-state index contributed by atoms with van der Waals surface area (Å²) in [5.41, 5.74) is 2.07. The standard InChI is InChI=1S/C18H14N2O4/c21-18(13-3-1-12(2-4-13)17-10-19-11-24-17)20-14-5-6-15-16(9-14)23-8-7-22-15/h1-6,9-11H,7-8H2,(H,20,21). The molecule has 0 aliphatic carbocycles. The van der Waals surface area contributed by atoms with E-state index in [0.717, 1.165) is 5.56 Å². The maximum absolute atomic E-state index is 12.4. The summed E-state index contributed by atoms with van der Waals surface area (Å²) in [5, 5.41) is 2.85. The Hall–Kier alpha value is -3.28. The second-order valence-electron chi connectivity index (χ2n) is 5.26. The van der Waals surface area contributed by atoms with Gasteiger partial charge in [0.15, 0.2) is 23.7 Å². The molecule has 0 spiro atoms. The van der Waals surface area contributed by atoms with Crippen molar-refractivity contribution in [3.8, 4) is 22.8 Å². The van der Waals surface area contributed by atoms with Crippen LogP contribution in [0.3, 0.4) is 0 Å². The van der Waals surface area contributed by atoms with Crippen molar-refractivity contribution in [3.05, 3.63) is 60.6 Å². The van der Waals surface area contributed by atoms with E-state index in [4.69, 9.17) is 13.9 Å². The van der Waals surface area contributed by atoms with Gasteiger partial charge in [-0.1, -0.05) is 12.1 Å². The molecule has 3 aromatic rings. The number of nitrogens with one attached hydrogen (secondary N) is 1. The molecule has 0 saturated heterocycles. The molecule has 1 aromatic heterocycles. The summed E-state index contributed by atoms with van der Waals surface area (Å²) in [5.74, 6) is 1.79. The van der Waals surface area contributed by atoms with Crippen LogP contribution in [0.4, 0.5) is 5.69 Å². The fourth-order valence-corrected chi connectivity index (χ4v) is 2.47. The average Bonchev–Trinajstić information content (AvgIpc) is 3.16. The van der Waals surface area contributed by atoms with Crippen LogP contribution in [0.2, 0.25) is 0 Å². The fraction of sp³-hybridized carbons (Fsp3) is 0.111. The smallest absolute Gasteiger partial charge is 0.255 e. The molecule has 4 rings (SSSR count). The maximum atomic E-state index is 12.4. The van der Waals surface area contributed by atoms with Crippen molar-refractivity contribution >= 4 is 11.6 Å². The molecule has 6 nitrogen and oxygen atoms in total. The van der Waals surface area contributed by atoms with E-state index in [9.17, 15) is 4.79 Å². The minimum Gasteiger partial charge on any atom is -0.486 e. The number of ether oxygens (including phenoxy) is 2. The Morgan fingerprint density at radius 1 is 1.00 bits per heavy atom. The molecule has 6 heteroatoms. The van der Waals surface area contributed by atoms with E-state index >= 15 is 0 Å². The zero-order chi connectivity index (χ0) is 16.4. The van der Waals surface area contributed by atoms with Crippen LogP contribution in [0, 0.1) is 0 Å². The Bertz CT molecular complexity index is 857. The minimum atomic E-state index is -0.198. The topological polar surface area (TPSA) is 73.6 Å². The van der Waals surface area contributed by atoms with Crippen molar-refractivity contribution in [1.29, 1.82) is 0 Å². The van der Waals surface area contributed by atoms with Crippen molar-refractivity contribution in [2.75, 3.05) is 18.5 Å². The summed E-state index contributed by atoms with van der Waals surface area (Å²) in [6.07, 6.45) is 3.00. The molecule has 1 aliphatic rings. The Morgan fingerprint density at radius 2 is 1.79 bits per heavy atom. The molecule has 0 bridgehead atoms. The number of oxazole rings is 1. The van der Waals surface area contributed by atoms with Gasteiger partial charge >= 0.3 is 0 Å². The van der Waals surface area contributed by atoms with Crippen molar-refractivity contribution in [3.63, 3.8) is 0 Å². The van der Waals surface area contributed by atoms with E-state index in [-0.39, 0.29) is 5.91 Å². The number of hydrogen-bond donors (Lipinski definition) is 1. The summed E-state index contributed by atoms with van der Waals surface area (Å²) in [7, 11) is 0. The lowest BCUT2D eigenvalue weighted by Gasteiger charge is -2.19. The van der Waals surface area contributed by atoms with E-state index in [1.54, 1.807) is 36.5 Å². The van der Waals surface area contributed by atoms with Gasteiger partial charge in [0.05, 0.1) is 6.20 Å². The number of fused-ring (bicyclic) bond motifs is 1. The monoisotopic (exact) mass is 322 g/mol. The second kappa shape index (κ2) is 6.08. The average molecular weight is 322 g/mol. The van der Waals surface area contributed by atoms with Gasteiger partial charge in [0.1, 0.15) is 13.2 Å². The van der Waals surface area contributed by atoms with E-state index in [1.165, 1.54) is 6.39 Å². The maximum Gasteiger partial charge on any atom is 0.255 e. The predicted octanol–water partition coefficient (Wildman–Crippen LogP) is 3.37. The van der Waals surface area contributed by atoms with Crippen LogP contribution in [-0.2, 0) is 0 Å². The van der Waals surface area contributed by atoms with Crippen molar-refractivity contribution in [2.45, 2.75) is 0 Å². The molecule has 2 heterocycles. The first-order chi connectivity index (χ1) is 11.8. The lowest BCUT2D eigenvalue weighted by molar-refractivity contribution is 0.102. The highest BCUT2D eigenvalue weighted by atomic mass is 16.6.